The van der Waals surface area contributed by atoms with Crippen LogP contribution in [0.2, 0.25) is 0 Å². The van der Waals surface area contributed by atoms with Gasteiger partial charge in [0.2, 0.25) is 0 Å². The number of allylic oxidation sites excluding steroid dienone is 2. The molecule has 0 atom stereocenters. The van der Waals surface area contributed by atoms with Crippen molar-refractivity contribution in [2.24, 2.45) is 24.8 Å². The minimum absolute atomic E-state index is 0.391. The van der Waals surface area contributed by atoms with Crippen molar-refractivity contribution in [2.45, 2.75) is 47.0 Å². The van der Waals surface area contributed by atoms with Crippen LogP contribution in [0.3, 0.4) is 0 Å². The van der Waals surface area contributed by atoms with Crippen molar-refractivity contribution in [1.29, 1.82) is 0 Å². The summed E-state index contributed by atoms with van der Waals surface area (Å²) in [6, 6.07) is 1.87. The lowest BCUT2D eigenvalue weighted by atomic mass is 10.2. The molecule has 0 unspecified atom stereocenters. The van der Waals surface area contributed by atoms with Crippen molar-refractivity contribution in [1.82, 2.24) is 29.5 Å². The second-order valence-corrected chi connectivity index (χ2v) is 7.51. The molecule has 0 radical (unpaired) electrons. The molecule has 0 saturated heterocycles. The van der Waals surface area contributed by atoms with Crippen LogP contribution >= 0.6 is 0 Å². The van der Waals surface area contributed by atoms with Crippen LogP contribution < -0.4 is 5.73 Å². The van der Waals surface area contributed by atoms with E-state index in [1.165, 1.54) is 19.3 Å². The van der Waals surface area contributed by atoms with E-state index in [4.69, 9.17) is 5.73 Å². The number of hydrogen-bond donors (Lipinski definition) is 1. The topological polar surface area (TPSA) is 99.8 Å². The van der Waals surface area contributed by atoms with Crippen LogP contribution in [0, 0.1) is 0 Å². The SMILES string of the molecule is C=C(N)c1cc2c(cnn2C)c(-c2nc(/C(C)=C/C(C)=NC)nn2C)n1.CCCCC. The fourth-order valence-corrected chi connectivity index (χ4v) is 3.03. The monoisotopic (exact) mass is 422 g/mol. The number of aromatic nitrogens is 6. The van der Waals surface area contributed by atoms with Gasteiger partial charge in [-0.2, -0.15) is 10.2 Å². The maximum Gasteiger partial charge on any atom is 0.177 e. The zero-order valence-corrected chi connectivity index (χ0v) is 19.8. The first-order chi connectivity index (χ1) is 14.7. The third kappa shape index (κ3) is 5.65. The average Bonchev–Trinajstić information content (AvgIpc) is 3.31. The molecule has 0 aliphatic rings. The summed E-state index contributed by atoms with van der Waals surface area (Å²) in [6.07, 6.45) is 7.79. The minimum atomic E-state index is 0.391. The number of aliphatic imine (C=N–C) groups is 1. The number of fused-ring (bicyclic) bond motifs is 1. The first-order valence-corrected chi connectivity index (χ1v) is 10.5. The summed E-state index contributed by atoms with van der Waals surface area (Å²) in [5.41, 5.74) is 10.3. The minimum Gasteiger partial charge on any atom is -0.397 e. The maximum absolute atomic E-state index is 5.88. The normalized spacial score (nSPS) is 12.1. The van der Waals surface area contributed by atoms with Crippen molar-refractivity contribution in [2.75, 3.05) is 7.05 Å². The standard InChI is InChI=1S/C18H22N8.C5H12/c1-10(7-11(2)20-4)17-23-18(26(6)24-17)16-13-9-21-25(5)15(13)8-14(22-16)12(3)19;1-3-5-4-2/h7-9H,3,19H2,1-2,4-6H3;3-5H2,1-2H3/b10-7+,20-11?;. The number of aryl methyl sites for hydroxylation is 2. The van der Waals surface area contributed by atoms with Gasteiger partial charge in [0.15, 0.2) is 11.6 Å². The molecule has 3 aromatic rings. The van der Waals surface area contributed by atoms with E-state index in [1.807, 2.05) is 40.1 Å². The first kappa shape index (κ1) is 24.0. The van der Waals surface area contributed by atoms with Gasteiger partial charge in [-0.25, -0.2) is 14.6 Å². The summed E-state index contributed by atoms with van der Waals surface area (Å²) in [6.45, 7) is 12.1. The number of hydrogen-bond acceptors (Lipinski definition) is 6. The van der Waals surface area contributed by atoms with Crippen molar-refractivity contribution in [3.8, 4) is 11.5 Å². The van der Waals surface area contributed by atoms with Crippen LogP contribution in [0.25, 0.3) is 33.7 Å². The third-order valence-electron chi connectivity index (χ3n) is 4.89. The summed E-state index contributed by atoms with van der Waals surface area (Å²) in [5.74, 6) is 1.27. The van der Waals surface area contributed by atoms with Crippen molar-refractivity contribution in [3.63, 3.8) is 0 Å². The van der Waals surface area contributed by atoms with Gasteiger partial charge in [-0.05, 0) is 31.6 Å². The van der Waals surface area contributed by atoms with Crippen LogP contribution in [-0.4, -0.2) is 42.3 Å². The molecule has 3 rings (SSSR count). The van der Waals surface area contributed by atoms with Gasteiger partial charge in [-0.15, -0.1) is 0 Å². The number of pyridine rings is 1. The summed E-state index contributed by atoms with van der Waals surface area (Å²) in [7, 11) is 5.47. The Kier molecular flexibility index (Phi) is 8.24. The molecule has 0 aromatic carbocycles. The van der Waals surface area contributed by atoms with Crippen LogP contribution in [0.1, 0.15) is 58.5 Å². The summed E-state index contributed by atoms with van der Waals surface area (Å²) in [5, 5.41) is 9.73. The number of rotatable bonds is 6. The molecule has 0 bridgehead atoms. The van der Waals surface area contributed by atoms with E-state index in [0.717, 1.165) is 22.2 Å². The Balaban J connectivity index is 0.000000614. The molecule has 166 valence electrons. The average molecular weight is 423 g/mol. The van der Waals surface area contributed by atoms with E-state index in [9.17, 15) is 0 Å². The Labute approximate surface area is 184 Å². The molecule has 2 N–H and O–H groups in total. The maximum atomic E-state index is 5.88. The third-order valence-corrected chi connectivity index (χ3v) is 4.89. The number of nitrogens with zero attached hydrogens (tertiary/aromatic N) is 7. The van der Waals surface area contributed by atoms with Crippen LogP contribution in [-0.2, 0) is 14.1 Å². The Hall–Kier alpha value is -3.29. The Morgan fingerprint density at radius 2 is 1.84 bits per heavy atom. The highest BCUT2D eigenvalue weighted by Crippen LogP contribution is 2.28. The highest BCUT2D eigenvalue weighted by atomic mass is 15.3. The van der Waals surface area contributed by atoms with Gasteiger partial charge in [-0.3, -0.25) is 9.67 Å². The smallest absolute Gasteiger partial charge is 0.177 e. The summed E-state index contributed by atoms with van der Waals surface area (Å²) in [4.78, 5) is 13.5. The molecular weight excluding hydrogens is 388 g/mol. The molecule has 0 aliphatic heterocycles. The van der Waals surface area contributed by atoms with Crippen molar-refractivity contribution in [3.05, 3.63) is 36.4 Å². The van der Waals surface area contributed by atoms with Gasteiger partial charge in [-0.1, -0.05) is 39.7 Å². The molecular formula is C23H34N8. The molecule has 3 heterocycles. The van der Waals surface area contributed by atoms with Gasteiger partial charge in [0, 0.05) is 32.2 Å². The van der Waals surface area contributed by atoms with E-state index in [1.54, 1.807) is 22.6 Å². The molecule has 8 heteroatoms. The lowest BCUT2D eigenvalue weighted by molar-refractivity contribution is 0.768. The molecule has 0 spiro atoms. The molecule has 0 saturated carbocycles. The summed E-state index contributed by atoms with van der Waals surface area (Å²) >= 11 is 0. The van der Waals surface area contributed by atoms with Crippen LogP contribution in [0.5, 0.6) is 0 Å². The first-order valence-electron chi connectivity index (χ1n) is 10.5. The van der Waals surface area contributed by atoms with Gasteiger partial charge >= 0.3 is 0 Å². The Morgan fingerprint density at radius 3 is 2.39 bits per heavy atom. The summed E-state index contributed by atoms with van der Waals surface area (Å²) < 4.78 is 3.49. The lowest BCUT2D eigenvalue weighted by Crippen LogP contribution is -2.03. The Morgan fingerprint density at radius 1 is 1.16 bits per heavy atom. The fourth-order valence-electron chi connectivity index (χ4n) is 3.03. The quantitative estimate of drug-likeness (QED) is 0.594. The van der Waals surface area contributed by atoms with E-state index in [2.05, 4.69) is 45.6 Å². The van der Waals surface area contributed by atoms with Gasteiger partial charge < -0.3 is 5.73 Å². The highest BCUT2D eigenvalue weighted by molar-refractivity contribution is 5.98. The van der Waals surface area contributed by atoms with Crippen LogP contribution in [0.4, 0.5) is 0 Å². The zero-order valence-electron chi connectivity index (χ0n) is 19.8. The highest BCUT2D eigenvalue weighted by Gasteiger charge is 2.18. The lowest BCUT2D eigenvalue weighted by Gasteiger charge is -2.06. The van der Waals surface area contributed by atoms with E-state index < -0.39 is 0 Å². The molecule has 0 aliphatic carbocycles. The second-order valence-electron chi connectivity index (χ2n) is 7.51. The predicted molar refractivity (Wildman–Crippen MR) is 130 cm³/mol. The van der Waals surface area contributed by atoms with Crippen LogP contribution in [0.15, 0.2) is 29.9 Å². The van der Waals surface area contributed by atoms with E-state index >= 15 is 0 Å². The zero-order chi connectivity index (χ0) is 23.1. The number of unbranched alkanes of at least 4 members (excludes halogenated alkanes) is 2. The predicted octanol–water partition coefficient (Wildman–Crippen LogP) is 4.38. The van der Waals surface area contributed by atoms with E-state index in [-0.39, 0.29) is 0 Å². The molecule has 0 fully saturated rings. The Bertz CT molecular complexity index is 1110. The number of nitrogens with two attached hydrogens (primary N) is 1. The van der Waals surface area contributed by atoms with Gasteiger partial charge in [0.05, 0.1) is 23.1 Å². The molecule has 8 nitrogen and oxygen atoms in total. The van der Waals surface area contributed by atoms with Crippen molar-refractivity contribution >= 4 is 27.9 Å². The van der Waals surface area contributed by atoms with Gasteiger partial charge in [0.1, 0.15) is 5.69 Å². The largest absolute Gasteiger partial charge is 0.397 e. The molecule has 0 amide bonds. The van der Waals surface area contributed by atoms with Gasteiger partial charge in [0.25, 0.3) is 0 Å². The molecule has 3 aromatic heterocycles. The fraction of sp³-hybridized carbons (Fsp3) is 0.435. The second kappa shape index (κ2) is 10.7. The molecule has 31 heavy (non-hydrogen) atoms. The van der Waals surface area contributed by atoms with E-state index in [0.29, 0.717) is 28.7 Å². The van der Waals surface area contributed by atoms with Crippen molar-refractivity contribution < 1.29 is 0 Å².